The number of benzene rings is 2. The van der Waals surface area contributed by atoms with Crippen LogP contribution in [0.1, 0.15) is 55.4 Å². The Kier molecular flexibility index (Phi) is 5.69. The lowest BCUT2D eigenvalue weighted by Crippen LogP contribution is -2.45. The van der Waals surface area contributed by atoms with E-state index in [1.807, 2.05) is 31.2 Å². The molecule has 2 aliphatic rings. The minimum Gasteiger partial charge on any atom is -0.369 e. The number of fused-ring (bicyclic) bond motifs is 1. The maximum Gasteiger partial charge on any atom is 0.264 e. The van der Waals surface area contributed by atoms with Crippen molar-refractivity contribution in [1.82, 2.24) is 5.32 Å². The summed E-state index contributed by atoms with van der Waals surface area (Å²) in [7, 11) is 2.17. The minimum absolute atomic E-state index is 0.119. The van der Waals surface area contributed by atoms with Gasteiger partial charge in [-0.3, -0.25) is 4.79 Å². The van der Waals surface area contributed by atoms with Gasteiger partial charge in [-0.1, -0.05) is 24.6 Å². The van der Waals surface area contributed by atoms with Crippen molar-refractivity contribution in [3.63, 3.8) is 0 Å². The number of aliphatic imine (C=N–C) groups is 1. The van der Waals surface area contributed by atoms with Gasteiger partial charge in [0.05, 0.1) is 10.6 Å². The molecule has 1 atom stereocenters. The predicted octanol–water partition coefficient (Wildman–Crippen LogP) is 6.57. The molecule has 2 aliphatic heterocycles. The number of aryl methyl sites for hydroxylation is 1. The normalized spacial score (nSPS) is 22.7. The molecule has 0 aromatic heterocycles. The van der Waals surface area contributed by atoms with E-state index < -0.39 is 0 Å². The predicted molar refractivity (Wildman–Crippen MR) is 134 cm³/mol. The SMILES string of the molecule is Cc1cc2c(cc1/C=C1\SC(=Nc3cccc(Cl)c3C)NC1=O)[C@@H](C)CC(C)(C)N2C. The van der Waals surface area contributed by atoms with Gasteiger partial charge in [-0.05, 0) is 104 Å². The zero-order chi connectivity index (χ0) is 22.5. The fourth-order valence-corrected chi connectivity index (χ4v) is 5.33. The third-order valence-corrected chi connectivity index (χ3v) is 7.74. The monoisotopic (exact) mass is 453 g/mol. The fraction of sp³-hybridized carbons (Fsp3) is 0.360. The Hall–Kier alpha value is -2.24. The van der Waals surface area contributed by atoms with Crippen molar-refractivity contribution < 1.29 is 4.79 Å². The second kappa shape index (κ2) is 8.03. The van der Waals surface area contributed by atoms with E-state index in [-0.39, 0.29) is 11.4 Å². The number of carbonyl (C=O) groups is 1. The molecule has 0 unspecified atom stereocenters. The molecule has 0 saturated carbocycles. The van der Waals surface area contributed by atoms with Gasteiger partial charge in [0.2, 0.25) is 0 Å². The van der Waals surface area contributed by atoms with Crippen LogP contribution >= 0.6 is 23.4 Å². The summed E-state index contributed by atoms with van der Waals surface area (Å²) in [5.74, 6) is 0.346. The topological polar surface area (TPSA) is 44.7 Å². The van der Waals surface area contributed by atoms with Crippen LogP contribution in [0.5, 0.6) is 0 Å². The number of carbonyl (C=O) groups excluding carboxylic acids is 1. The first-order chi connectivity index (χ1) is 14.6. The second-order valence-electron chi connectivity index (χ2n) is 9.11. The van der Waals surface area contributed by atoms with Crippen molar-refractivity contribution in [3.8, 4) is 0 Å². The molecule has 1 amide bonds. The van der Waals surface area contributed by atoms with Crippen LogP contribution in [-0.2, 0) is 4.79 Å². The standard InChI is InChI=1S/C25H28ClN3OS/c1-14-10-21-18(15(2)13-25(4,5)29(21)6)11-17(14)12-22-23(30)28-24(31-22)27-20-9-7-8-19(26)16(20)3/h7-12,15H,13H2,1-6H3,(H,27,28,30)/b22-12-/t15-/m0/s1. The molecule has 1 saturated heterocycles. The van der Waals surface area contributed by atoms with E-state index in [1.165, 1.54) is 23.0 Å². The van der Waals surface area contributed by atoms with Crippen LogP contribution in [0.3, 0.4) is 0 Å². The lowest BCUT2D eigenvalue weighted by atomic mass is 9.79. The highest BCUT2D eigenvalue weighted by Crippen LogP contribution is 2.44. The van der Waals surface area contributed by atoms with Gasteiger partial charge in [0, 0.05) is 23.3 Å². The highest BCUT2D eigenvalue weighted by molar-refractivity contribution is 8.18. The minimum atomic E-state index is -0.119. The van der Waals surface area contributed by atoms with Crippen LogP contribution < -0.4 is 10.2 Å². The third-order valence-electron chi connectivity index (χ3n) is 6.42. The molecule has 4 nitrogen and oxygen atoms in total. The first-order valence-electron chi connectivity index (χ1n) is 10.5. The number of hydrogen-bond donors (Lipinski definition) is 1. The number of anilines is 1. The van der Waals surface area contributed by atoms with E-state index in [9.17, 15) is 4.79 Å². The zero-order valence-electron chi connectivity index (χ0n) is 18.8. The van der Waals surface area contributed by atoms with Crippen molar-refractivity contribution in [2.24, 2.45) is 4.99 Å². The Bertz CT molecular complexity index is 1140. The first kappa shape index (κ1) is 22.0. The average Bonchev–Trinajstić information content (AvgIpc) is 3.03. The molecule has 2 aromatic rings. The highest BCUT2D eigenvalue weighted by Gasteiger charge is 2.34. The molecule has 4 rings (SSSR count). The first-order valence-corrected chi connectivity index (χ1v) is 11.7. The van der Waals surface area contributed by atoms with Crippen LogP contribution in [-0.4, -0.2) is 23.7 Å². The highest BCUT2D eigenvalue weighted by atomic mass is 35.5. The van der Waals surface area contributed by atoms with E-state index >= 15 is 0 Å². The molecule has 0 radical (unpaired) electrons. The average molecular weight is 454 g/mol. The molecule has 31 heavy (non-hydrogen) atoms. The Morgan fingerprint density at radius 1 is 1.29 bits per heavy atom. The number of nitrogens with zero attached hydrogens (tertiary/aromatic N) is 2. The lowest BCUT2D eigenvalue weighted by molar-refractivity contribution is -0.115. The molecule has 0 spiro atoms. The van der Waals surface area contributed by atoms with E-state index in [0.29, 0.717) is 21.0 Å². The summed E-state index contributed by atoms with van der Waals surface area (Å²) in [5, 5.41) is 4.12. The van der Waals surface area contributed by atoms with Gasteiger partial charge >= 0.3 is 0 Å². The number of thioether (sulfide) groups is 1. The molecular formula is C25H28ClN3OS. The summed E-state index contributed by atoms with van der Waals surface area (Å²) >= 11 is 7.57. The molecule has 0 aliphatic carbocycles. The summed E-state index contributed by atoms with van der Waals surface area (Å²) < 4.78 is 0. The number of nitrogens with one attached hydrogen (secondary N) is 1. The second-order valence-corrected chi connectivity index (χ2v) is 10.5. The Balaban J connectivity index is 1.67. The summed E-state index contributed by atoms with van der Waals surface area (Å²) in [6.45, 7) is 10.9. The van der Waals surface area contributed by atoms with Crippen molar-refractivity contribution in [3.05, 3.63) is 62.5 Å². The maximum atomic E-state index is 12.6. The van der Waals surface area contributed by atoms with Gasteiger partial charge < -0.3 is 10.2 Å². The summed E-state index contributed by atoms with van der Waals surface area (Å²) in [6, 6.07) is 10.1. The molecule has 0 bridgehead atoms. The fourth-order valence-electron chi connectivity index (χ4n) is 4.34. The maximum absolute atomic E-state index is 12.6. The molecule has 2 heterocycles. The van der Waals surface area contributed by atoms with Gasteiger partial charge in [-0.2, -0.15) is 0 Å². The third kappa shape index (κ3) is 4.13. The van der Waals surface area contributed by atoms with Crippen molar-refractivity contribution in [1.29, 1.82) is 0 Å². The summed E-state index contributed by atoms with van der Waals surface area (Å²) in [4.78, 5) is 20.3. The molecule has 6 heteroatoms. The van der Waals surface area contributed by atoms with Crippen LogP contribution in [0.2, 0.25) is 5.02 Å². The number of hydrogen-bond acceptors (Lipinski definition) is 4. The number of amides is 1. The molecular weight excluding hydrogens is 426 g/mol. The van der Waals surface area contributed by atoms with Gasteiger partial charge in [0.25, 0.3) is 5.91 Å². The summed E-state index contributed by atoms with van der Waals surface area (Å²) in [6.07, 6.45) is 3.08. The van der Waals surface area contributed by atoms with Gasteiger partial charge in [-0.25, -0.2) is 4.99 Å². The molecule has 1 N–H and O–H groups in total. The summed E-state index contributed by atoms with van der Waals surface area (Å²) in [5.41, 5.74) is 6.65. The van der Waals surface area contributed by atoms with Crippen molar-refractivity contribution in [2.75, 3.05) is 11.9 Å². The Labute approximate surface area is 193 Å². The molecule has 2 aromatic carbocycles. The smallest absolute Gasteiger partial charge is 0.264 e. The van der Waals surface area contributed by atoms with E-state index in [4.69, 9.17) is 11.6 Å². The molecule has 162 valence electrons. The van der Waals surface area contributed by atoms with E-state index in [2.05, 4.69) is 62.1 Å². The van der Waals surface area contributed by atoms with Crippen LogP contribution in [0, 0.1) is 13.8 Å². The van der Waals surface area contributed by atoms with Crippen LogP contribution in [0.4, 0.5) is 11.4 Å². The number of rotatable bonds is 2. The van der Waals surface area contributed by atoms with Gasteiger partial charge in [0.15, 0.2) is 5.17 Å². The molecule has 1 fully saturated rings. The Morgan fingerprint density at radius 3 is 2.77 bits per heavy atom. The van der Waals surface area contributed by atoms with E-state index in [1.54, 1.807) is 0 Å². The largest absolute Gasteiger partial charge is 0.369 e. The number of amidine groups is 1. The van der Waals surface area contributed by atoms with Crippen LogP contribution in [0.25, 0.3) is 6.08 Å². The van der Waals surface area contributed by atoms with E-state index in [0.717, 1.165) is 28.8 Å². The lowest BCUT2D eigenvalue weighted by Gasteiger charge is -2.45. The zero-order valence-corrected chi connectivity index (χ0v) is 20.4. The van der Waals surface area contributed by atoms with Gasteiger partial charge in [-0.15, -0.1) is 0 Å². The van der Waals surface area contributed by atoms with Crippen molar-refractivity contribution in [2.45, 2.75) is 52.5 Å². The number of halogens is 1. The van der Waals surface area contributed by atoms with Gasteiger partial charge in [0.1, 0.15) is 0 Å². The van der Waals surface area contributed by atoms with Crippen molar-refractivity contribution >= 4 is 51.9 Å². The quantitative estimate of drug-likeness (QED) is 0.523. The van der Waals surface area contributed by atoms with Crippen LogP contribution in [0.15, 0.2) is 40.2 Å². The Morgan fingerprint density at radius 2 is 2.03 bits per heavy atom.